The Balaban J connectivity index is 2.50. The summed E-state index contributed by atoms with van der Waals surface area (Å²) >= 11 is 3.43. The zero-order valence-corrected chi connectivity index (χ0v) is 12.0. The smallest absolute Gasteiger partial charge is 0.421 e. The number of hydrogen-bond acceptors (Lipinski definition) is 4. The fraction of sp³-hybridized carbons (Fsp3) is 0.889. The number of amides is 1. The normalized spacial score (nSPS) is 25.3. The van der Waals surface area contributed by atoms with Crippen LogP contribution in [0.15, 0.2) is 0 Å². The molecule has 0 saturated heterocycles. The van der Waals surface area contributed by atoms with Crippen LogP contribution in [0.2, 0.25) is 0 Å². The second-order valence-electron chi connectivity index (χ2n) is 3.85. The van der Waals surface area contributed by atoms with E-state index in [4.69, 9.17) is 0 Å². The van der Waals surface area contributed by atoms with Crippen molar-refractivity contribution in [3.05, 3.63) is 0 Å². The van der Waals surface area contributed by atoms with Gasteiger partial charge in [0.05, 0.1) is 6.61 Å². The van der Waals surface area contributed by atoms with E-state index in [9.17, 15) is 13.2 Å². The van der Waals surface area contributed by atoms with Gasteiger partial charge < -0.3 is 4.74 Å². The third-order valence-corrected chi connectivity index (χ3v) is 4.63. The van der Waals surface area contributed by atoms with Crippen molar-refractivity contribution in [3.63, 3.8) is 0 Å². The van der Waals surface area contributed by atoms with Crippen molar-refractivity contribution in [2.24, 2.45) is 0 Å². The Kier molecular flexibility index (Phi) is 5.68. The first-order chi connectivity index (χ1) is 7.94. The van der Waals surface area contributed by atoms with Crippen LogP contribution in [0.25, 0.3) is 0 Å². The van der Waals surface area contributed by atoms with E-state index in [0.29, 0.717) is 0 Å². The fourth-order valence-electron chi connectivity index (χ4n) is 1.72. The standard InChI is InChI=1S/C9H17BrN2O4S/c1-2-16-9(13)12-17(14,15)11-8-6-4-3-5-7(8)10/h7-8,11H,2-6H2,1H3,(H,12,13). The molecule has 0 heterocycles. The van der Waals surface area contributed by atoms with Crippen molar-refractivity contribution in [2.45, 2.75) is 43.5 Å². The number of ether oxygens (including phenoxy) is 1. The molecule has 0 spiro atoms. The minimum atomic E-state index is -3.84. The predicted octanol–water partition coefficient (Wildman–Crippen LogP) is 1.27. The molecule has 2 N–H and O–H groups in total. The van der Waals surface area contributed by atoms with E-state index in [-0.39, 0.29) is 17.5 Å². The summed E-state index contributed by atoms with van der Waals surface area (Å²) in [5.41, 5.74) is 0. The summed E-state index contributed by atoms with van der Waals surface area (Å²) in [7, 11) is -3.84. The van der Waals surface area contributed by atoms with E-state index in [1.165, 1.54) is 0 Å². The van der Waals surface area contributed by atoms with Crippen LogP contribution >= 0.6 is 15.9 Å². The van der Waals surface area contributed by atoms with Gasteiger partial charge in [0, 0.05) is 10.9 Å². The number of hydrogen-bond donors (Lipinski definition) is 2. The van der Waals surface area contributed by atoms with Crippen LogP contribution in [0.5, 0.6) is 0 Å². The lowest BCUT2D eigenvalue weighted by molar-refractivity contribution is 0.158. The van der Waals surface area contributed by atoms with Crippen LogP contribution in [0.4, 0.5) is 4.79 Å². The Morgan fingerprint density at radius 3 is 2.65 bits per heavy atom. The van der Waals surface area contributed by atoms with Crippen molar-refractivity contribution in [1.29, 1.82) is 0 Å². The van der Waals surface area contributed by atoms with Crippen LogP contribution in [-0.2, 0) is 14.9 Å². The third-order valence-electron chi connectivity index (χ3n) is 2.48. The molecule has 0 aromatic carbocycles. The molecule has 6 nitrogen and oxygen atoms in total. The maximum absolute atomic E-state index is 11.6. The van der Waals surface area contributed by atoms with Crippen LogP contribution in [0.1, 0.15) is 32.6 Å². The van der Waals surface area contributed by atoms with Gasteiger partial charge in [-0.25, -0.2) is 9.52 Å². The Labute approximate surface area is 110 Å². The molecule has 1 saturated carbocycles. The summed E-state index contributed by atoms with van der Waals surface area (Å²) in [6.45, 7) is 1.74. The minimum Gasteiger partial charge on any atom is -0.449 e. The summed E-state index contributed by atoms with van der Waals surface area (Å²) in [4.78, 5) is 11.1. The lowest BCUT2D eigenvalue weighted by Gasteiger charge is -2.27. The van der Waals surface area contributed by atoms with E-state index in [1.54, 1.807) is 11.6 Å². The Bertz CT molecular complexity index is 360. The van der Waals surface area contributed by atoms with Crippen LogP contribution in [0, 0.1) is 0 Å². The average Bonchev–Trinajstić information content (AvgIpc) is 2.20. The molecule has 0 aliphatic heterocycles. The summed E-state index contributed by atoms with van der Waals surface area (Å²) in [5, 5.41) is 0. The van der Waals surface area contributed by atoms with Gasteiger partial charge in [-0.2, -0.15) is 13.1 Å². The zero-order valence-electron chi connectivity index (χ0n) is 9.61. The molecule has 1 fully saturated rings. The quantitative estimate of drug-likeness (QED) is 0.761. The molecular weight excluding hydrogens is 312 g/mol. The van der Waals surface area contributed by atoms with Crippen molar-refractivity contribution in [1.82, 2.24) is 9.44 Å². The number of carbonyl (C=O) groups excluding carboxylic acids is 1. The van der Waals surface area contributed by atoms with Gasteiger partial charge in [-0.3, -0.25) is 0 Å². The van der Waals surface area contributed by atoms with Crippen molar-refractivity contribution < 1.29 is 17.9 Å². The molecule has 1 rings (SSSR count). The maximum atomic E-state index is 11.6. The number of carbonyl (C=O) groups is 1. The minimum absolute atomic E-state index is 0.107. The summed E-state index contributed by atoms with van der Waals surface area (Å²) in [6.07, 6.45) is 2.79. The molecule has 0 aromatic heterocycles. The molecule has 1 amide bonds. The maximum Gasteiger partial charge on any atom is 0.421 e. The number of alkyl halides is 1. The number of rotatable bonds is 4. The van der Waals surface area contributed by atoms with Gasteiger partial charge in [-0.05, 0) is 19.8 Å². The molecule has 0 bridgehead atoms. The summed E-state index contributed by atoms with van der Waals surface area (Å²) in [5.74, 6) is 0. The van der Waals surface area contributed by atoms with Crippen LogP contribution in [-0.4, -0.2) is 32.0 Å². The predicted molar refractivity (Wildman–Crippen MR) is 67.2 cm³/mol. The molecule has 100 valence electrons. The molecule has 1 aliphatic carbocycles. The average molecular weight is 329 g/mol. The van der Waals surface area contributed by atoms with Crippen molar-refractivity contribution in [2.75, 3.05) is 6.61 Å². The van der Waals surface area contributed by atoms with Gasteiger partial charge in [-0.1, -0.05) is 28.8 Å². The largest absolute Gasteiger partial charge is 0.449 e. The number of nitrogens with one attached hydrogen (secondary N) is 2. The van der Waals surface area contributed by atoms with E-state index in [2.05, 4.69) is 25.4 Å². The lowest BCUT2D eigenvalue weighted by atomic mass is 9.96. The lowest BCUT2D eigenvalue weighted by Crippen LogP contribution is -2.49. The zero-order chi connectivity index (χ0) is 12.9. The highest BCUT2D eigenvalue weighted by atomic mass is 79.9. The van der Waals surface area contributed by atoms with Gasteiger partial charge in [0.2, 0.25) is 0 Å². The first kappa shape index (κ1) is 14.7. The van der Waals surface area contributed by atoms with Crippen molar-refractivity contribution >= 4 is 32.2 Å². The number of halogens is 1. The van der Waals surface area contributed by atoms with Crippen LogP contribution in [0.3, 0.4) is 0 Å². The Morgan fingerprint density at radius 2 is 2.06 bits per heavy atom. The fourth-order valence-corrected chi connectivity index (χ4v) is 3.63. The molecule has 0 aromatic rings. The second-order valence-corrected chi connectivity index (χ2v) is 6.47. The van der Waals surface area contributed by atoms with Crippen molar-refractivity contribution in [3.8, 4) is 0 Å². The summed E-state index contributed by atoms with van der Waals surface area (Å²) in [6, 6.07) is -0.185. The first-order valence-corrected chi connectivity index (χ1v) is 7.95. The molecule has 8 heteroatoms. The molecular formula is C9H17BrN2O4S. The highest BCUT2D eigenvalue weighted by Crippen LogP contribution is 2.24. The molecule has 2 unspecified atom stereocenters. The summed E-state index contributed by atoms with van der Waals surface area (Å²) < 4.78 is 31.9. The second kappa shape index (κ2) is 6.55. The van der Waals surface area contributed by atoms with E-state index in [0.717, 1.165) is 25.7 Å². The highest BCUT2D eigenvalue weighted by Gasteiger charge is 2.27. The Morgan fingerprint density at radius 1 is 1.41 bits per heavy atom. The van der Waals surface area contributed by atoms with E-state index >= 15 is 0 Å². The van der Waals surface area contributed by atoms with Gasteiger partial charge in [0.25, 0.3) is 0 Å². The highest BCUT2D eigenvalue weighted by molar-refractivity contribution is 9.09. The monoisotopic (exact) mass is 328 g/mol. The molecule has 17 heavy (non-hydrogen) atoms. The van der Waals surface area contributed by atoms with Gasteiger partial charge in [0.15, 0.2) is 0 Å². The first-order valence-electron chi connectivity index (χ1n) is 5.55. The topological polar surface area (TPSA) is 84.5 Å². The van der Waals surface area contributed by atoms with Gasteiger partial charge >= 0.3 is 16.3 Å². The van der Waals surface area contributed by atoms with E-state index < -0.39 is 16.3 Å². The van der Waals surface area contributed by atoms with Gasteiger partial charge in [0.1, 0.15) is 0 Å². The van der Waals surface area contributed by atoms with Crippen LogP contribution < -0.4 is 9.44 Å². The molecule has 0 radical (unpaired) electrons. The van der Waals surface area contributed by atoms with Gasteiger partial charge in [-0.15, -0.1) is 0 Å². The van der Waals surface area contributed by atoms with E-state index in [1.807, 2.05) is 0 Å². The Hall–Kier alpha value is -0.340. The molecule has 2 atom stereocenters. The SMILES string of the molecule is CCOC(=O)NS(=O)(=O)NC1CCCCC1Br. The molecule has 1 aliphatic rings. The third kappa shape index (κ3) is 5.22.